The van der Waals surface area contributed by atoms with Crippen molar-refractivity contribution in [2.45, 2.75) is 12.3 Å². The van der Waals surface area contributed by atoms with Gasteiger partial charge in [-0.1, -0.05) is 45.7 Å². The summed E-state index contributed by atoms with van der Waals surface area (Å²) in [7, 11) is 0. The molecule has 126 valence electrons. The second kappa shape index (κ2) is 6.94. The summed E-state index contributed by atoms with van der Waals surface area (Å²) >= 11 is 11.8. The molecule has 0 bridgehead atoms. The first-order valence-corrected chi connectivity index (χ1v) is 10.3. The lowest BCUT2D eigenvalue weighted by molar-refractivity contribution is 0.859. The fraction of sp³-hybridized carbons (Fsp3) is 0.167. The van der Waals surface area contributed by atoms with E-state index in [1.165, 1.54) is 0 Å². The highest BCUT2D eigenvalue weighted by atomic mass is 79.9. The van der Waals surface area contributed by atoms with E-state index in [-0.39, 0.29) is 0 Å². The Morgan fingerprint density at radius 3 is 2.80 bits per heavy atom. The number of nitrogens with zero attached hydrogens (tertiary/aromatic N) is 4. The minimum atomic E-state index is 0.467. The number of rotatable bonds is 3. The Hall–Kier alpha value is -1.63. The van der Waals surface area contributed by atoms with Crippen LogP contribution in [0.5, 0.6) is 0 Å². The van der Waals surface area contributed by atoms with E-state index in [1.807, 2.05) is 30.3 Å². The van der Waals surface area contributed by atoms with Crippen LogP contribution in [0.3, 0.4) is 0 Å². The summed E-state index contributed by atoms with van der Waals surface area (Å²) < 4.78 is 3.11. The highest BCUT2D eigenvalue weighted by Crippen LogP contribution is 2.30. The van der Waals surface area contributed by atoms with Crippen LogP contribution >= 0.6 is 39.3 Å². The molecule has 0 atom stereocenters. The summed E-state index contributed by atoms with van der Waals surface area (Å²) in [5.41, 5.74) is 3.85. The average Bonchev–Trinajstić information content (AvgIpc) is 2.92. The molecule has 0 aliphatic carbocycles. The number of hydrogen-bond acceptors (Lipinski definition) is 4. The number of aliphatic imine (C=N–C) groups is 1. The van der Waals surface area contributed by atoms with E-state index < -0.39 is 0 Å². The van der Waals surface area contributed by atoms with Crippen LogP contribution < -0.4 is 0 Å². The lowest BCUT2D eigenvalue weighted by Crippen LogP contribution is -2.09. The smallest absolute Gasteiger partial charge is 0.159 e. The fourth-order valence-electron chi connectivity index (χ4n) is 2.97. The molecule has 4 rings (SSSR count). The van der Waals surface area contributed by atoms with Crippen molar-refractivity contribution in [3.63, 3.8) is 0 Å². The minimum absolute atomic E-state index is 0.467. The Kier molecular flexibility index (Phi) is 4.67. The van der Waals surface area contributed by atoms with Gasteiger partial charge in [0.25, 0.3) is 0 Å². The largest absolute Gasteiger partial charge is 0.280 e. The van der Waals surface area contributed by atoms with Gasteiger partial charge in [0.1, 0.15) is 12.4 Å². The summed E-state index contributed by atoms with van der Waals surface area (Å²) in [6.45, 7) is 0.467. The van der Waals surface area contributed by atoms with Gasteiger partial charge in [-0.25, -0.2) is 0 Å². The molecule has 7 heteroatoms. The summed E-state index contributed by atoms with van der Waals surface area (Å²) in [6.07, 6.45) is 2.06. The highest BCUT2D eigenvalue weighted by molar-refractivity contribution is 9.10. The Labute approximate surface area is 163 Å². The molecule has 25 heavy (non-hydrogen) atoms. The zero-order valence-electron chi connectivity index (χ0n) is 13.4. The van der Waals surface area contributed by atoms with Crippen LogP contribution in [0.4, 0.5) is 0 Å². The van der Waals surface area contributed by atoms with Gasteiger partial charge in [-0.05, 0) is 30.5 Å². The van der Waals surface area contributed by atoms with Gasteiger partial charge in [-0.2, -0.15) is 11.8 Å². The maximum atomic E-state index is 6.45. The maximum absolute atomic E-state index is 6.45. The molecule has 0 fully saturated rings. The molecule has 2 heterocycles. The third kappa shape index (κ3) is 3.03. The van der Waals surface area contributed by atoms with Crippen LogP contribution in [0.1, 0.15) is 22.8 Å². The van der Waals surface area contributed by atoms with Crippen LogP contribution in [-0.4, -0.2) is 26.7 Å². The molecule has 0 N–H and O–H groups in total. The Balaban J connectivity index is 1.98. The van der Waals surface area contributed by atoms with Gasteiger partial charge >= 0.3 is 0 Å². The van der Waals surface area contributed by atoms with Crippen LogP contribution in [0.25, 0.3) is 5.69 Å². The molecule has 1 aromatic heterocycles. The molecule has 0 spiro atoms. The third-order valence-corrected chi connectivity index (χ3v) is 5.40. The van der Waals surface area contributed by atoms with Gasteiger partial charge in [0.2, 0.25) is 0 Å². The fourth-order valence-corrected chi connectivity index (χ4v) is 4.00. The number of aromatic nitrogens is 3. The second-order valence-electron chi connectivity index (χ2n) is 5.61. The zero-order valence-corrected chi connectivity index (χ0v) is 16.6. The van der Waals surface area contributed by atoms with Gasteiger partial charge in [-0.3, -0.25) is 9.56 Å². The quantitative estimate of drug-likeness (QED) is 0.590. The van der Waals surface area contributed by atoms with Crippen LogP contribution in [0.2, 0.25) is 5.02 Å². The number of thioether (sulfide) groups is 1. The molecule has 1 aliphatic heterocycles. The number of hydrogen-bond donors (Lipinski definition) is 0. The number of fused-ring (bicyclic) bond motifs is 3. The third-order valence-electron chi connectivity index (χ3n) is 4.03. The monoisotopic (exact) mass is 432 g/mol. The topological polar surface area (TPSA) is 43.1 Å². The first-order valence-electron chi connectivity index (χ1n) is 7.71. The molecule has 4 nitrogen and oxygen atoms in total. The molecule has 0 saturated heterocycles. The van der Waals surface area contributed by atoms with E-state index in [4.69, 9.17) is 16.6 Å². The Bertz CT molecular complexity index is 983. The van der Waals surface area contributed by atoms with Crippen LogP contribution in [0, 0.1) is 0 Å². The van der Waals surface area contributed by atoms with E-state index in [0.29, 0.717) is 11.6 Å². The SMILES string of the molecule is CSCc1nnc2n1-c1ccc(Br)cc1C(c1ccccc1Cl)=NC2. The van der Waals surface area contributed by atoms with Crippen molar-refractivity contribution in [3.8, 4) is 5.69 Å². The highest BCUT2D eigenvalue weighted by Gasteiger charge is 2.23. The summed E-state index contributed by atoms with van der Waals surface area (Å²) in [4.78, 5) is 4.83. The average molecular weight is 434 g/mol. The predicted octanol–water partition coefficient (Wildman–Crippen LogP) is 4.90. The maximum Gasteiger partial charge on any atom is 0.159 e. The predicted molar refractivity (Wildman–Crippen MR) is 107 cm³/mol. The van der Waals surface area contributed by atoms with E-state index in [1.54, 1.807) is 11.8 Å². The van der Waals surface area contributed by atoms with E-state index in [9.17, 15) is 0 Å². The zero-order chi connectivity index (χ0) is 17.4. The molecular formula is C18H14BrClN4S. The van der Waals surface area contributed by atoms with Gasteiger partial charge in [0.15, 0.2) is 5.82 Å². The standard InChI is InChI=1S/C18H14BrClN4S/c1-25-10-17-23-22-16-9-21-18(12-4-2-3-5-14(12)20)13-8-11(19)6-7-15(13)24(16)17/h2-8H,9-10H2,1H3. The van der Waals surface area contributed by atoms with Crippen molar-refractivity contribution < 1.29 is 0 Å². The second-order valence-corrected chi connectivity index (χ2v) is 7.80. The van der Waals surface area contributed by atoms with Crippen molar-refractivity contribution in [1.82, 2.24) is 14.8 Å². The summed E-state index contributed by atoms with van der Waals surface area (Å²) in [5.74, 6) is 2.57. The molecule has 0 unspecified atom stereocenters. The van der Waals surface area contributed by atoms with Crippen LogP contribution in [0.15, 0.2) is 51.9 Å². The van der Waals surface area contributed by atoms with Crippen molar-refractivity contribution in [2.24, 2.45) is 4.99 Å². The Morgan fingerprint density at radius 2 is 2.00 bits per heavy atom. The van der Waals surface area contributed by atoms with Gasteiger partial charge < -0.3 is 0 Å². The molecule has 1 aliphatic rings. The Morgan fingerprint density at radius 1 is 1.16 bits per heavy atom. The first kappa shape index (κ1) is 16.8. The van der Waals surface area contributed by atoms with E-state index in [2.05, 4.69) is 49.1 Å². The van der Waals surface area contributed by atoms with Gasteiger partial charge in [-0.15, -0.1) is 10.2 Å². The minimum Gasteiger partial charge on any atom is -0.280 e. The molecule has 0 amide bonds. The molecule has 0 saturated carbocycles. The summed E-state index contributed by atoms with van der Waals surface area (Å²) in [5, 5.41) is 9.40. The van der Waals surface area contributed by atoms with Crippen molar-refractivity contribution in [1.29, 1.82) is 0 Å². The first-order chi connectivity index (χ1) is 12.2. The number of benzene rings is 2. The number of halogens is 2. The van der Waals surface area contributed by atoms with Crippen molar-refractivity contribution in [3.05, 3.63) is 74.7 Å². The molecule has 3 aromatic rings. The van der Waals surface area contributed by atoms with E-state index in [0.717, 1.165) is 44.4 Å². The van der Waals surface area contributed by atoms with Crippen molar-refractivity contribution in [2.75, 3.05) is 6.26 Å². The lowest BCUT2D eigenvalue weighted by atomic mass is 10.0. The lowest BCUT2D eigenvalue weighted by Gasteiger charge is -2.14. The van der Waals surface area contributed by atoms with E-state index >= 15 is 0 Å². The van der Waals surface area contributed by atoms with Gasteiger partial charge in [0, 0.05) is 20.6 Å². The normalized spacial score (nSPS) is 13.0. The molecule has 0 radical (unpaired) electrons. The van der Waals surface area contributed by atoms with Crippen LogP contribution in [-0.2, 0) is 12.3 Å². The molecular weight excluding hydrogens is 420 g/mol. The van der Waals surface area contributed by atoms with Gasteiger partial charge in [0.05, 0.1) is 17.2 Å². The molecule has 2 aromatic carbocycles. The summed E-state index contributed by atoms with van der Waals surface area (Å²) in [6, 6.07) is 14.0. The van der Waals surface area contributed by atoms with Crippen molar-refractivity contribution >= 4 is 45.0 Å².